The maximum Gasteiger partial charge on any atom is 0.307 e. The van der Waals surface area contributed by atoms with Gasteiger partial charge >= 0.3 is 5.97 Å². The summed E-state index contributed by atoms with van der Waals surface area (Å²) in [6.45, 7) is 7.24. The quantitative estimate of drug-likeness (QED) is 0.767. The maximum absolute atomic E-state index is 12.1. The van der Waals surface area contributed by atoms with Crippen molar-refractivity contribution < 1.29 is 14.7 Å². The molecule has 1 saturated heterocycles. The van der Waals surface area contributed by atoms with Gasteiger partial charge in [0, 0.05) is 12.6 Å². The monoisotopic (exact) mass is 270 g/mol. The average molecular weight is 270 g/mol. The van der Waals surface area contributed by atoms with Crippen LogP contribution in [0.5, 0.6) is 0 Å². The summed E-state index contributed by atoms with van der Waals surface area (Å²) in [6.07, 6.45) is 3.57. The molecule has 0 bridgehead atoms. The van der Waals surface area contributed by atoms with Crippen LogP contribution < -0.4 is 5.32 Å². The summed E-state index contributed by atoms with van der Waals surface area (Å²) in [5, 5.41) is 12.1. The van der Waals surface area contributed by atoms with Gasteiger partial charge in [0.05, 0.1) is 12.0 Å². The number of nitrogens with one attached hydrogen (secondary N) is 1. The van der Waals surface area contributed by atoms with Gasteiger partial charge < -0.3 is 10.4 Å². The van der Waals surface area contributed by atoms with E-state index in [0.717, 1.165) is 25.8 Å². The van der Waals surface area contributed by atoms with Crippen LogP contribution in [0.4, 0.5) is 0 Å². The Balaban J connectivity index is 2.49. The van der Waals surface area contributed by atoms with E-state index in [2.05, 4.69) is 12.2 Å². The van der Waals surface area contributed by atoms with Crippen LogP contribution in [0, 0.1) is 5.92 Å². The summed E-state index contributed by atoms with van der Waals surface area (Å²) in [6, 6.07) is -0.0681. The first-order chi connectivity index (χ1) is 8.95. The number of aliphatic carboxylic acids is 1. The molecule has 1 amide bonds. The molecule has 1 heterocycles. The normalized spacial score (nSPS) is 23.6. The van der Waals surface area contributed by atoms with Gasteiger partial charge in [0.25, 0.3) is 0 Å². The third-order valence-electron chi connectivity index (χ3n) is 3.84. The molecule has 3 atom stereocenters. The minimum atomic E-state index is -0.753. The third-order valence-corrected chi connectivity index (χ3v) is 3.84. The minimum absolute atomic E-state index is 0.00647. The fourth-order valence-corrected chi connectivity index (χ4v) is 2.59. The van der Waals surface area contributed by atoms with Crippen LogP contribution in [-0.2, 0) is 9.59 Å². The van der Waals surface area contributed by atoms with Crippen molar-refractivity contribution in [2.24, 2.45) is 5.92 Å². The fraction of sp³-hybridized carbons (Fsp3) is 0.857. The van der Waals surface area contributed by atoms with E-state index < -0.39 is 5.97 Å². The number of piperidine rings is 1. The second kappa shape index (κ2) is 7.48. The Labute approximate surface area is 115 Å². The maximum atomic E-state index is 12.1. The van der Waals surface area contributed by atoms with Gasteiger partial charge in [-0.25, -0.2) is 0 Å². The summed E-state index contributed by atoms with van der Waals surface area (Å²) < 4.78 is 0. The smallest absolute Gasteiger partial charge is 0.307 e. The number of nitrogens with zero attached hydrogens (tertiary/aromatic N) is 1. The van der Waals surface area contributed by atoms with E-state index in [1.54, 1.807) is 0 Å². The van der Waals surface area contributed by atoms with E-state index in [4.69, 9.17) is 5.11 Å². The minimum Gasteiger partial charge on any atom is -0.481 e. The van der Waals surface area contributed by atoms with Crippen molar-refractivity contribution in [2.45, 2.75) is 58.5 Å². The van der Waals surface area contributed by atoms with Crippen molar-refractivity contribution in [1.29, 1.82) is 0 Å². The second-order valence-corrected chi connectivity index (χ2v) is 5.55. The van der Waals surface area contributed by atoms with Crippen molar-refractivity contribution in [3.63, 3.8) is 0 Å². The van der Waals surface area contributed by atoms with E-state index in [0.29, 0.717) is 13.0 Å². The molecular weight excluding hydrogens is 244 g/mol. The van der Waals surface area contributed by atoms with E-state index in [9.17, 15) is 9.59 Å². The molecule has 0 spiro atoms. The van der Waals surface area contributed by atoms with Crippen LogP contribution in [0.15, 0.2) is 0 Å². The summed E-state index contributed by atoms with van der Waals surface area (Å²) in [5.74, 6) is -1.08. The van der Waals surface area contributed by atoms with Gasteiger partial charge in [-0.05, 0) is 39.7 Å². The summed E-state index contributed by atoms with van der Waals surface area (Å²) in [7, 11) is 0. The zero-order chi connectivity index (χ0) is 14.4. The van der Waals surface area contributed by atoms with Gasteiger partial charge in [-0.2, -0.15) is 0 Å². The molecule has 0 aromatic carbocycles. The van der Waals surface area contributed by atoms with Crippen molar-refractivity contribution in [1.82, 2.24) is 10.2 Å². The van der Waals surface area contributed by atoms with Gasteiger partial charge in [0.1, 0.15) is 0 Å². The molecule has 1 aliphatic heterocycles. The molecule has 5 nitrogen and oxygen atoms in total. The molecule has 19 heavy (non-hydrogen) atoms. The van der Waals surface area contributed by atoms with Crippen molar-refractivity contribution in [2.75, 3.05) is 13.1 Å². The Morgan fingerprint density at radius 3 is 2.68 bits per heavy atom. The van der Waals surface area contributed by atoms with E-state index in [1.165, 1.54) is 0 Å². The number of carboxylic acids is 1. The van der Waals surface area contributed by atoms with Crippen molar-refractivity contribution in [3.8, 4) is 0 Å². The van der Waals surface area contributed by atoms with Gasteiger partial charge in [-0.15, -0.1) is 0 Å². The topological polar surface area (TPSA) is 69.6 Å². The molecule has 0 saturated carbocycles. The Kier molecular flexibility index (Phi) is 6.28. The molecule has 5 heteroatoms. The number of carbonyl (C=O) groups is 2. The van der Waals surface area contributed by atoms with Gasteiger partial charge in [0.2, 0.25) is 5.91 Å². The summed E-state index contributed by atoms with van der Waals surface area (Å²) >= 11 is 0. The van der Waals surface area contributed by atoms with Crippen molar-refractivity contribution in [3.05, 3.63) is 0 Å². The first-order valence-corrected chi connectivity index (χ1v) is 7.23. The molecule has 0 aliphatic carbocycles. The highest BCUT2D eigenvalue weighted by Crippen LogP contribution is 2.18. The third kappa shape index (κ3) is 4.82. The van der Waals surface area contributed by atoms with Crippen LogP contribution >= 0.6 is 0 Å². The average Bonchev–Trinajstić information content (AvgIpc) is 2.38. The number of hydrogen-bond donors (Lipinski definition) is 2. The van der Waals surface area contributed by atoms with Crippen LogP contribution in [0.1, 0.15) is 46.5 Å². The molecule has 0 aromatic heterocycles. The lowest BCUT2D eigenvalue weighted by atomic mass is 9.97. The predicted molar refractivity (Wildman–Crippen MR) is 73.9 cm³/mol. The van der Waals surface area contributed by atoms with Gasteiger partial charge in [-0.3, -0.25) is 14.5 Å². The van der Waals surface area contributed by atoms with E-state index in [-0.39, 0.29) is 23.9 Å². The van der Waals surface area contributed by atoms with Gasteiger partial charge in [-0.1, -0.05) is 13.3 Å². The highest BCUT2D eigenvalue weighted by Gasteiger charge is 2.30. The van der Waals surface area contributed by atoms with Crippen molar-refractivity contribution >= 4 is 11.9 Å². The lowest BCUT2D eigenvalue weighted by molar-refractivity contribution is -0.145. The molecule has 1 aliphatic rings. The highest BCUT2D eigenvalue weighted by atomic mass is 16.4. The summed E-state index contributed by atoms with van der Waals surface area (Å²) in [5.41, 5.74) is 0. The second-order valence-electron chi connectivity index (χ2n) is 5.55. The Morgan fingerprint density at radius 2 is 2.11 bits per heavy atom. The zero-order valence-electron chi connectivity index (χ0n) is 12.2. The van der Waals surface area contributed by atoms with E-state index >= 15 is 0 Å². The lowest BCUT2D eigenvalue weighted by Gasteiger charge is -2.34. The molecule has 0 unspecified atom stereocenters. The number of rotatable bonds is 6. The molecule has 1 fully saturated rings. The Morgan fingerprint density at radius 1 is 1.42 bits per heavy atom. The summed E-state index contributed by atoms with van der Waals surface area (Å²) in [4.78, 5) is 25.1. The number of hydrogen-bond acceptors (Lipinski definition) is 3. The van der Waals surface area contributed by atoms with Gasteiger partial charge in [0.15, 0.2) is 0 Å². The number of carbonyl (C=O) groups excluding carboxylic acids is 1. The van der Waals surface area contributed by atoms with Crippen LogP contribution in [0.25, 0.3) is 0 Å². The van der Waals surface area contributed by atoms with Crippen LogP contribution in [0.2, 0.25) is 0 Å². The van der Waals surface area contributed by atoms with E-state index in [1.807, 2.05) is 18.7 Å². The number of amides is 1. The molecule has 1 rings (SSSR count). The van der Waals surface area contributed by atoms with Crippen LogP contribution in [-0.4, -0.2) is 47.1 Å². The lowest BCUT2D eigenvalue weighted by Crippen LogP contribution is -2.51. The fourth-order valence-electron chi connectivity index (χ4n) is 2.59. The Hall–Kier alpha value is -1.10. The van der Waals surface area contributed by atoms with Crippen LogP contribution in [0.3, 0.4) is 0 Å². The standard InChI is InChI=1S/C14H26N2O3/c1-4-6-10(2)15-13(17)11(3)16-8-5-7-12(9-16)14(18)19/h10-12H,4-9H2,1-3H3,(H,15,17)(H,18,19)/t10-,11+,12+/m0/s1. The molecule has 0 radical (unpaired) electrons. The highest BCUT2D eigenvalue weighted by molar-refractivity contribution is 5.81. The SMILES string of the molecule is CCC[C@H](C)NC(=O)[C@@H](C)N1CCC[C@@H](C(=O)O)C1. The first kappa shape index (κ1) is 16.0. The first-order valence-electron chi connectivity index (χ1n) is 7.23. The molecular formula is C14H26N2O3. The molecule has 0 aromatic rings. The predicted octanol–water partition coefficient (Wildman–Crippen LogP) is 1.48. The number of carboxylic acid groups (broad SMARTS) is 1. The molecule has 2 N–H and O–H groups in total. The number of likely N-dealkylation sites (tertiary alicyclic amines) is 1. The zero-order valence-corrected chi connectivity index (χ0v) is 12.2. The molecule has 110 valence electrons. The Bertz CT molecular complexity index is 320. The largest absolute Gasteiger partial charge is 0.481 e.